The lowest BCUT2D eigenvalue weighted by Gasteiger charge is -2.22. The van der Waals surface area contributed by atoms with Crippen LogP contribution in [0.3, 0.4) is 0 Å². The number of hydrogen-bond donors (Lipinski definition) is 1. The second-order valence-electron chi connectivity index (χ2n) is 6.58. The van der Waals surface area contributed by atoms with Crippen LogP contribution in [0.2, 0.25) is 0 Å². The molecule has 2 aromatic rings. The van der Waals surface area contributed by atoms with Crippen molar-refractivity contribution in [2.24, 2.45) is 12.0 Å². The van der Waals surface area contributed by atoms with Gasteiger partial charge in [-0.3, -0.25) is 9.67 Å². The third-order valence-electron chi connectivity index (χ3n) is 4.71. The van der Waals surface area contributed by atoms with Crippen molar-refractivity contribution in [2.75, 3.05) is 20.1 Å². The average Bonchev–Trinajstić information content (AvgIpc) is 3.25. The fourth-order valence-corrected chi connectivity index (χ4v) is 3.35. The van der Waals surface area contributed by atoms with E-state index >= 15 is 0 Å². The summed E-state index contributed by atoms with van der Waals surface area (Å²) in [6, 6.07) is 2.71. The lowest BCUT2D eigenvalue weighted by molar-refractivity contribution is -0.138. The van der Waals surface area contributed by atoms with Gasteiger partial charge in [-0.05, 0) is 29.7 Å². The quantitative estimate of drug-likeness (QED) is 0.503. The summed E-state index contributed by atoms with van der Waals surface area (Å²) in [5.41, 5.74) is 0.140. The first-order chi connectivity index (χ1) is 12.8. The van der Waals surface area contributed by atoms with Crippen molar-refractivity contribution in [3.8, 4) is 0 Å². The summed E-state index contributed by atoms with van der Waals surface area (Å²) in [6.07, 6.45) is 0.107. The number of halogens is 4. The Kier molecular flexibility index (Phi) is 5.38. The van der Waals surface area contributed by atoms with E-state index in [1.54, 1.807) is 11.7 Å². The Bertz CT molecular complexity index is 827. The molecule has 1 aliphatic heterocycles. The molecule has 1 fully saturated rings. The zero-order chi connectivity index (χ0) is 19.6. The predicted octanol–water partition coefficient (Wildman–Crippen LogP) is 3.14. The molecule has 27 heavy (non-hydrogen) atoms. The van der Waals surface area contributed by atoms with Crippen LogP contribution in [0.5, 0.6) is 0 Å². The minimum atomic E-state index is -4.61. The molecule has 1 aromatic carbocycles. The molecule has 1 N–H and O–H groups in total. The van der Waals surface area contributed by atoms with Crippen LogP contribution >= 0.6 is 0 Å². The maximum atomic E-state index is 13.2. The van der Waals surface area contributed by atoms with E-state index in [0.29, 0.717) is 24.5 Å². The number of guanidine groups is 1. The van der Waals surface area contributed by atoms with Crippen molar-refractivity contribution in [1.29, 1.82) is 0 Å². The molecule has 5 nitrogen and oxygen atoms in total. The normalized spacial score (nSPS) is 18.2. The van der Waals surface area contributed by atoms with Crippen LogP contribution in [0.15, 0.2) is 35.6 Å². The zero-order valence-electron chi connectivity index (χ0n) is 15.1. The average molecular weight is 383 g/mol. The van der Waals surface area contributed by atoms with E-state index in [1.165, 1.54) is 0 Å². The van der Waals surface area contributed by atoms with Gasteiger partial charge >= 0.3 is 6.18 Å². The van der Waals surface area contributed by atoms with Gasteiger partial charge in [0.15, 0.2) is 5.96 Å². The van der Waals surface area contributed by atoms with Crippen molar-refractivity contribution < 1.29 is 17.6 Å². The van der Waals surface area contributed by atoms with Gasteiger partial charge in [0.25, 0.3) is 0 Å². The van der Waals surface area contributed by atoms with Gasteiger partial charge in [-0.15, -0.1) is 0 Å². The molecule has 0 spiro atoms. The van der Waals surface area contributed by atoms with Crippen LogP contribution in [0, 0.1) is 5.82 Å². The van der Waals surface area contributed by atoms with E-state index in [2.05, 4.69) is 15.4 Å². The van der Waals surface area contributed by atoms with Gasteiger partial charge in [-0.1, -0.05) is 6.07 Å². The van der Waals surface area contributed by atoms with E-state index in [9.17, 15) is 17.6 Å². The molecule has 0 amide bonds. The van der Waals surface area contributed by atoms with Crippen molar-refractivity contribution in [1.82, 2.24) is 20.0 Å². The Hall–Kier alpha value is -2.58. The van der Waals surface area contributed by atoms with E-state index in [-0.39, 0.29) is 12.1 Å². The number of likely N-dealkylation sites (tertiary alicyclic amines) is 1. The molecule has 1 unspecified atom stereocenters. The lowest BCUT2D eigenvalue weighted by Crippen LogP contribution is -2.39. The van der Waals surface area contributed by atoms with E-state index in [1.807, 2.05) is 24.3 Å². The van der Waals surface area contributed by atoms with Crippen LogP contribution in [-0.2, 0) is 19.8 Å². The Balaban J connectivity index is 1.67. The molecule has 9 heteroatoms. The molecule has 3 rings (SSSR count). The Morgan fingerprint density at radius 2 is 2.15 bits per heavy atom. The number of alkyl halides is 3. The van der Waals surface area contributed by atoms with E-state index in [4.69, 9.17) is 0 Å². The molecule has 0 radical (unpaired) electrons. The molecular formula is C18H21F4N5. The fourth-order valence-electron chi connectivity index (χ4n) is 3.35. The van der Waals surface area contributed by atoms with Crippen molar-refractivity contribution in [3.63, 3.8) is 0 Å². The molecule has 2 heterocycles. The fraction of sp³-hybridized carbons (Fsp3) is 0.444. The van der Waals surface area contributed by atoms with Gasteiger partial charge in [0.2, 0.25) is 0 Å². The summed E-state index contributed by atoms with van der Waals surface area (Å²) < 4.78 is 54.4. The lowest BCUT2D eigenvalue weighted by atomic mass is 10.0. The molecule has 1 atom stereocenters. The van der Waals surface area contributed by atoms with Gasteiger partial charge < -0.3 is 10.2 Å². The largest absolute Gasteiger partial charge is 0.416 e. The second kappa shape index (κ2) is 7.58. The smallest absolute Gasteiger partial charge is 0.352 e. The van der Waals surface area contributed by atoms with Gasteiger partial charge in [0.05, 0.1) is 11.8 Å². The molecule has 1 saturated heterocycles. The molecule has 1 aliphatic rings. The highest BCUT2D eigenvalue weighted by Crippen LogP contribution is 2.32. The van der Waals surface area contributed by atoms with Crippen LogP contribution < -0.4 is 5.32 Å². The number of hydrogen-bond acceptors (Lipinski definition) is 2. The highest BCUT2D eigenvalue weighted by molar-refractivity contribution is 5.80. The third-order valence-corrected chi connectivity index (χ3v) is 4.71. The van der Waals surface area contributed by atoms with Crippen molar-refractivity contribution in [3.05, 3.63) is 53.1 Å². The summed E-state index contributed by atoms with van der Waals surface area (Å²) in [5.74, 6) is -0.0815. The van der Waals surface area contributed by atoms with Crippen LogP contribution in [0.25, 0.3) is 0 Å². The molecular weight excluding hydrogens is 362 g/mol. The van der Waals surface area contributed by atoms with Crippen LogP contribution in [-0.4, -0.2) is 40.8 Å². The van der Waals surface area contributed by atoms with E-state index < -0.39 is 17.6 Å². The topological polar surface area (TPSA) is 45.5 Å². The second-order valence-corrected chi connectivity index (χ2v) is 6.58. The Morgan fingerprint density at radius 1 is 1.37 bits per heavy atom. The number of nitrogens with zero attached hydrogens (tertiary/aromatic N) is 4. The minimum Gasteiger partial charge on any atom is -0.352 e. The van der Waals surface area contributed by atoms with Crippen LogP contribution in [0.1, 0.15) is 29.0 Å². The first-order valence-corrected chi connectivity index (χ1v) is 8.57. The van der Waals surface area contributed by atoms with Crippen molar-refractivity contribution >= 4 is 5.96 Å². The Labute approximate surface area is 154 Å². The minimum absolute atomic E-state index is 0.0203. The summed E-state index contributed by atoms with van der Waals surface area (Å²) in [4.78, 5) is 6.19. The SMILES string of the molecule is CN=C(NCc1ccc(F)cc1C(F)(F)F)N1CCC(c2cnn(C)c2)C1. The Morgan fingerprint density at radius 3 is 2.78 bits per heavy atom. The number of aryl methyl sites for hydroxylation is 1. The summed E-state index contributed by atoms with van der Waals surface area (Å²) in [7, 11) is 3.45. The van der Waals surface area contributed by atoms with Gasteiger partial charge in [0.1, 0.15) is 5.82 Å². The standard InChI is InChI=1S/C18H21F4N5/c1-23-17(27-6-5-13(11-27)14-9-25-26(2)10-14)24-8-12-3-4-15(19)7-16(12)18(20,21)22/h3-4,7,9-10,13H,5-6,8,11H2,1-2H3,(H,23,24). The highest BCUT2D eigenvalue weighted by Gasteiger charge is 2.34. The number of benzene rings is 1. The first-order valence-electron chi connectivity index (χ1n) is 8.57. The molecule has 0 aliphatic carbocycles. The van der Waals surface area contributed by atoms with Crippen LogP contribution in [0.4, 0.5) is 17.6 Å². The monoisotopic (exact) mass is 383 g/mol. The summed E-state index contributed by atoms with van der Waals surface area (Å²) in [6.45, 7) is 1.37. The molecule has 1 aromatic heterocycles. The maximum Gasteiger partial charge on any atom is 0.416 e. The summed E-state index contributed by atoms with van der Waals surface area (Å²) in [5, 5.41) is 7.15. The first kappa shape index (κ1) is 19.2. The molecule has 0 saturated carbocycles. The predicted molar refractivity (Wildman–Crippen MR) is 93.7 cm³/mol. The van der Waals surface area contributed by atoms with Gasteiger partial charge in [-0.2, -0.15) is 18.3 Å². The van der Waals surface area contributed by atoms with Gasteiger partial charge in [-0.25, -0.2) is 4.39 Å². The molecule has 146 valence electrons. The third kappa shape index (κ3) is 4.40. The van der Waals surface area contributed by atoms with Crippen molar-refractivity contribution in [2.45, 2.75) is 25.1 Å². The zero-order valence-corrected chi connectivity index (χ0v) is 15.1. The van der Waals surface area contributed by atoms with E-state index in [0.717, 1.165) is 30.7 Å². The number of nitrogens with one attached hydrogen (secondary N) is 1. The number of aromatic nitrogens is 2. The summed E-state index contributed by atoms with van der Waals surface area (Å²) >= 11 is 0. The number of aliphatic imine (C=N–C) groups is 1. The maximum absolute atomic E-state index is 13.2. The number of rotatable bonds is 3. The highest BCUT2D eigenvalue weighted by atomic mass is 19.4. The molecule has 0 bridgehead atoms. The van der Waals surface area contributed by atoms with Gasteiger partial charge in [0, 0.05) is 45.8 Å².